The maximum atomic E-state index is 11.3. The molecule has 0 aromatic carbocycles. The predicted molar refractivity (Wildman–Crippen MR) is 100.0 cm³/mol. The molecule has 158 valence electrons. The van der Waals surface area contributed by atoms with Crippen molar-refractivity contribution in [3.05, 3.63) is 24.3 Å². The zero-order chi connectivity index (χ0) is 21.0. The smallest absolute Gasteiger partial charge is 0.407 e. The molecule has 0 saturated heterocycles. The number of aliphatic carboxylic acids is 2. The number of alkyl carbamates (subject to hydrolysis) is 2. The number of rotatable bonds is 15. The van der Waals surface area contributed by atoms with Crippen molar-refractivity contribution in [3.8, 4) is 0 Å². The summed E-state index contributed by atoms with van der Waals surface area (Å²) in [7, 11) is 0. The topological polar surface area (TPSA) is 151 Å². The van der Waals surface area contributed by atoms with Crippen LogP contribution in [0.1, 0.15) is 38.5 Å². The minimum Gasteiger partial charge on any atom is -0.478 e. The second kappa shape index (κ2) is 17.4. The van der Waals surface area contributed by atoms with Gasteiger partial charge in [-0.1, -0.05) is 25.0 Å². The highest BCUT2D eigenvalue weighted by molar-refractivity contribution is 5.80. The normalized spacial score (nSPS) is 10.7. The number of hydrogen-bond donors (Lipinski definition) is 4. The highest BCUT2D eigenvalue weighted by Crippen LogP contribution is 1.98. The third kappa shape index (κ3) is 19.3. The third-order valence-electron chi connectivity index (χ3n) is 3.20. The number of carbonyl (C=O) groups is 4. The Morgan fingerprint density at radius 2 is 1.07 bits per heavy atom. The molecule has 10 nitrogen and oxygen atoms in total. The summed E-state index contributed by atoms with van der Waals surface area (Å²) in [6, 6.07) is 0. The Bertz CT molecular complexity index is 498. The molecular formula is C18H28N2O8. The molecule has 0 aliphatic heterocycles. The van der Waals surface area contributed by atoms with Crippen molar-refractivity contribution in [2.45, 2.75) is 38.5 Å². The summed E-state index contributed by atoms with van der Waals surface area (Å²) in [6.45, 7) is 1.19. The maximum Gasteiger partial charge on any atom is 0.407 e. The SMILES string of the molecule is O=C(O)C=CCCOC(=O)NCCCCCCNC(=O)OCCC=CC(=O)O. The van der Waals surface area contributed by atoms with E-state index in [-0.39, 0.29) is 13.2 Å². The van der Waals surface area contributed by atoms with Gasteiger partial charge in [-0.05, 0) is 12.8 Å². The van der Waals surface area contributed by atoms with Gasteiger partial charge in [0.15, 0.2) is 0 Å². The largest absolute Gasteiger partial charge is 0.478 e. The van der Waals surface area contributed by atoms with Crippen LogP contribution in [0.4, 0.5) is 9.59 Å². The highest BCUT2D eigenvalue weighted by atomic mass is 16.6. The first-order valence-electron chi connectivity index (χ1n) is 9.02. The summed E-state index contributed by atoms with van der Waals surface area (Å²) in [5, 5.41) is 22.0. The molecule has 2 amide bonds. The van der Waals surface area contributed by atoms with Crippen LogP contribution < -0.4 is 10.6 Å². The molecule has 0 spiro atoms. The van der Waals surface area contributed by atoms with Gasteiger partial charge in [-0.2, -0.15) is 0 Å². The molecule has 0 rings (SSSR count). The second-order valence-electron chi connectivity index (χ2n) is 5.60. The Kier molecular flexibility index (Phi) is 15.5. The molecule has 0 aliphatic carbocycles. The van der Waals surface area contributed by atoms with Crippen molar-refractivity contribution in [2.75, 3.05) is 26.3 Å². The lowest BCUT2D eigenvalue weighted by Crippen LogP contribution is -2.26. The summed E-state index contributed by atoms with van der Waals surface area (Å²) in [5.74, 6) is -2.08. The minimum atomic E-state index is -1.04. The van der Waals surface area contributed by atoms with Crippen LogP contribution in [0.25, 0.3) is 0 Å². The van der Waals surface area contributed by atoms with Crippen LogP contribution in [0.3, 0.4) is 0 Å². The van der Waals surface area contributed by atoms with E-state index in [2.05, 4.69) is 10.6 Å². The van der Waals surface area contributed by atoms with Gasteiger partial charge in [0.25, 0.3) is 0 Å². The van der Waals surface area contributed by atoms with Gasteiger partial charge in [0, 0.05) is 38.1 Å². The van der Waals surface area contributed by atoms with Crippen molar-refractivity contribution in [3.63, 3.8) is 0 Å². The lowest BCUT2D eigenvalue weighted by atomic mass is 10.2. The molecule has 10 heteroatoms. The van der Waals surface area contributed by atoms with Crippen molar-refractivity contribution < 1.29 is 38.9 Å². The number of carboxylic acids is 2. The molecule has 0 aromatic rings. The molecule has 0 heterocycles. The first-order chi connectivity index (χ1) is 13.4. The minimum absolute atomic E-state index is 0.118. The fourth-order valence-corrected chi connectivity index (χ4v) is 1.89. The number of amides is 2. The van der Waals surface area contributed by atoms with Crippen molar-refractivity contribution in [1.82, 2.24) is 10.6 Å². The van der Waals surface area contributed by atoms with Gasteiger partial charge in [0.2, 0.25) is 0 Å². The number of carboxylic acid groups (broad SMARTS) is 2. The standard InChI is InChI=1S/C18H28N2O8/c21-15(22)9-3-7-13-27-17(25)19-11-5-1-2-6-12-20-18(26)28-14-8-4-10-16(23)24/h3-4,9-10H,1-2,5-8,11-14H2,(H,19,25)(H,20,26)(H,21,22)(H,23,24). The number of nitrogens with one attached hydrogen (secondary N) is 2. The Morgan fingerprint density at radius 3 is 1.43 bits per heavy atom. The van der Waals surface area contributed by atoms with Crippen LogP contribution in [0.15, 0.2) is 24.3 Å². The van der Waals surface area contributed by atoms with Crippen LogP contribution in [0.5, 0.6) is 0 Å². The molecule has 0 radical (unpaired) electrons. The molecular weight excluding hydrogens is 372 g/mol. The molecule has 0 fully saturated rings. The van der Waals surface area contributed by atoms with Crippen LogP contribution in [-0.4, -0.2) is 60.6 Å². The number of hydrogen-bond acceptors (Lipinski definition) is 6. The van der Waals surface area contributed by atoms with Crippen molar-refractivity contribution in [1.29, 1.82) is 0 Å². The van der Waals surface area contributed by atoms with Crippen LogP contribution in [0.2, 0.25) is 0 Å². The highest BCUT2D eigenvalue weighted by Gasteiger charge is 2.01. The summed E-state index contributed by atoms with van der Waals surface area (Å²) in [6.07, 6.45) is 7.72. The van der Waals surface area contributed by atoms with Crippen molar-refractivity contribution in [2.24, 2.45) is 0 Å². The van der Waals surface area contributed by atoms with Gasteiger partial charge in [-0.25, -0.2) is 19.2 Å². The monoisotopic (exact) mass is 400 g/mol. The van der Waals surface area contributed by atoms with E-state index in [1.807, 2.05) is 0 Å². The van der Waals surface area contributed by atoms with E-state index in [1.54, 1.807) is 0 Å². The Balaban J connectivity index is 3.40. The zero-order valence-corrected chi connectivity index (χ0v) is 15.7. The number of carbonyl (C=O) groups excluding carboxylic acids is 2. The molecule has 4 N–H and O–H groups in total. The van der Waals surface area contributed by atoms with E-state index in [1.165, 1.54) is 12.2 Å². The quantitative estimate of drug-likeness (QED) is 0.241. The zero-order valence-electron chi connectivity index (χ0n) is 15.7. The van der Waals surface area contributed by atoms with E-state index in [9.17, 15) is 19.2 Å². The van der Waals surface area contributed by atoms with Crippen LogP contribution >= 0.6 is 0 Å². The third-order valence-corrected chi connectivity index (χ3v) is 3.20. The second-order valence-corrected chi connectivity index (χ2v) is 5.60. The summed E-state index contributed by atoms with van der Waals surface area (Å²) in [4.78, 5) is 43.1. The van der Waals surface area contributed by atoms with Gasteiger partial charge in [-0.3, -0.25) is 0 Å². The number of ether oxygens (including phenoxy) is 2. The fraction of sp³-hybridized carbons (Fsp3) is 0.556. The van der Waals surface area contributed by atoms with Gasteiger partial charge in [-0.15, -0.1) is 0 Å². The average Bonchev–Trinajstić information content (AvgIpc) is 2.62. The Hall–Kier alpha value is -3.04. The lowest BCUT2D eigenvalue weighted by molar-refractivity contribution is -0.132. The molecule has 0 aromatic heterocycles. The van der Waals surface area contributed by atoms with E-state index >= 15 is 0 Å². The molecule has 28 heavy (non-hydrogen) atoms. The van der Waals surface area contributed by atoms with E-state index in [0.29, 0.717) is 25.9 Å². The predicted octanol–water partition coefficient (Wildman–Crippen LogP) is 2.06. The number of unbranched alkanes of at least 4 members (excludes halogenated alkanes) is 3. The van der Waals surface area contributed by atoms with Gasteiger partial charge in [0.1, 0.15) is 0 Å². The first-order valence-corrected chi connectivity index (χ1v) is 9.02. The van der Waals surface area contributed by atoms with E-state index < -0.39 is 24.1 Å². The Labute approximate surface area is 163 Å². The molecule has 0 bridgehead atoms. The maximum absolute atomic E-state index is 11.3. The summed E-state index contributed by atoms with van der Waals surface area (Å²) < 4.78 is 9.73. The van der Waals surface area contributed by atoms with Crippen molar-refractivity contribution >= 4 is 24.1 Å². The van der Waals surface area contributed by atoms with Gasteiger partial charge in [0.05, 0.1) is 13.2 Å². The van der Waals surface area contributed by atoms with E-state index in [0.717, 1.165) is 37.8 Å². The Morgan fingerprint density at radius 1 is 0.679 bits per heavy atom. The van der Waals surface area contributed by atoms with Crippen LogP contribution in [-0.2, 0) is 19.1 Å². The van der Waals surface area contributed by atoms with Gasteiger partial charge >= 0.3 is 24.1 Å². The fourth-order valence-electron chi connectivity index (χ4n) is 1.89. The lowest BCUT2D eigenvalue weighted by Gasteiger charge is -2.07. The van der Waals surface area contributed by atoms with Crippen LogP contribution in [0, 0.1) is 0 Å². The molecule has 0 saturated carbocycles. The molecule has 0 aliphatic rings. The summed E-state index contributed by atoms with van der Waals surface area (Å²) in [5.41, 5.74) is 0. The summed E-state index contributed by atoms with van der Waals surface area (Å²) >= 11 is 0. The van der Waals surface area contributed by atoms with Gasteiger partial charge < -0.3 is 30.3 Å². The average molecular weight is 400 g/mol. The molecule has 0 atom stereocenters. The van der Waals surface area contributed by atoms with E-state index in [4.69, 9.17) is 19.7 Å². The first kappa shape index (κ1) is 25.0. The molecule has 0 unspecified atom stereocenters.